The highest BCUT2D eigenvalue weighted by molar-refractivity contribution is 7.18. The molecular formula is C13H15N3O2S. The molecule has 5 nitrogen and oxygen atoms in total. The Kier molecular flexibility index (Phi) is 2.89. The number of aliphatic carboxylic acids is 1. The molecule has 1 aliphatic carbocycles. The lowest BCUT2D eigenvalue weighted by Gasteiger charge is -2.11. The Hall–Kier alpha value is -1.69. The average Bonchev–Trinajstić information content (AvgIpc) is 3.08. The predicted octanol–water partition coefficient (Wildman–Crippen LogP) is 2.53. The van der Waals surface area contributed by atoms with E-state index in [1.165, 1.54) is 11.2 Å². The second-order valence-corrected chi connectivity index (χ2v) is 6.06. The van der Waals surface area contributed by atoms with E-state index < -0.39 is 11.4 Å². The summed E-state index contributed by atoms with van der Waals surface area (Å²) in [7, 11) is 0. The third kappa shape index (κ3) is 2.16. The van der Waals surface area contributed by atoms with E-state index in [1.54, 1.807) is 11.3 Å². The average molecular weight is 277 g/mol. The number of carbonyl (C=O) groups is 1. The first-order valence-electron chi connectivity index (χ1n) is 6.35. The van der Waals surface area contributed by atoms with Gasteiger partial charge in [0.1, 0.15) is 17.0 Å². The summed E-state index contributed by atoms with van der Waals surface area (Å²) in [6.07, 6.45) is 3.99. The van der Waals surface area contributed by atoms with Crippen molar-refractivity contribution in [3.05, 3.63) is 17.3 Å². The van der Waals surface area contributed by atoms with Crippen LogP contribution in [0.1, 0.15) is 24.6 Å². The van der Waals surface area contributed by atoms with Crippen molar-refractivity contribution >= 4 is 33.3 Å². The molecule has 0 bridgehead atoms. The van der Waals surface area contributed by atoms with Crippen LogP contribution in [-0.2, 0) is 11.2 Å². The quantitative estimate of drug-likeness (QED) is 0.878. The molecule has 0 unspecified atom stereocenters. The summed E-state index contributed by atoms with van der Waals surface area (Å²) in [5.41, 5.74) is -0.582. The van der Waals surface area contributed by atoms with Crippen molar-refractivity contribution in [3.8, 4) is 0 Å². The number of thiophene rings is 1. The topological polar surface area (TPSA) is 75.1 Å². The third-order valence-corrected chi connectivity index (χ3v) is 4.82. The SMILES string of the molecule is CCc1cc2c(NCC3(C(=O)O)CC3)ncnc2s1. The third-order valence-electron chi connectivity index (χ3n) is 3.63. The minimum Gasteiger partial charge on any atom is -0.481 e. The molecule has 6 heteroatoms. The molecular weight excluding hydrogens is 262 g/mol. The van der Waals surface area contributed by atoms with Crippen LogP contribution in [0.2, 0.25) is 0 Å². The van der Waals surface area contributed by atoms with Crippen LogP contribution < -0.4 is 5.32 Å². The first-order valence-corrected chi connectivity index (χ1v) is 7.17. The van der Waals surface area contributed by atoms with Crippen LogP contribution in [0.3, 0.4) is 0 Å². The number of aryl methyl sites for hydroxylation is 1. The van der Waals surface area contributed by atoms with Crippen LogP contribution >= 0.6 is 11.3 Å². The Labute approximate surface area is 114 Å². The summed E-state index contributed by atoms with van der Waals surface area (Å²) in [5.74, 6) is 0.0262. The Morgan fingerprint density at radius 2 is 2.32 bits per heavy atom. The smallest absolute Gasteiger partial charge is 0.311 e. The molecule has 1 saturated carbocycles. The Balaban J connectivity index is 1.85. The molecule has 0 radical (unpaired) electrons. The molecule has 19 heavy (non-hydrogen) atoms. The van der Waals surface area contributed by atoms with E-state index in [1.807, 2.05) is 0 Å². The van der Waals surface area contributed by atoms with E-state index >= 15 is 0 Å². The highest BCUT2D eigenvalue weighted by atomic mass is 32.1. The maximum absolute atomic E-state index is 11.1. The van der Waals surface area contributed by atoms with Crippen molar-refractivity contribution < 1.29 is 9.90 Å². The molecule has 2 aromatic rings. The largest absolute Gasteiger partial charge is 0.481 e. The monoisotopic (exact) mass is 277 g/mol. The number of aromatic nitrogens is 2. The van der Waals surface area contributed by atoms with Gasteiger partial charge < -0.3 is 10.4 Å². The second-order valence-electron chi connectivity index (χ2n) is 4.95. The summed E-state index contributed by atoms with van der Waals surface area (Å²) in [6, 6.07) is 2.09. The van der Waals surface area contributed by atoms with Gasteiger partial charge >= 0.3 is 5.97 Å². The number of carboxylic acids is 1. The van der Waals surface area contributed by atoms with Gasteiger partial charge in [-0.05, 0) is 25.3 Å². The van der Waals surface area contributed by atoms with Crippen LogP contribution in [0.4, 0.5) is 5.82 Å². The first kappa shape index (κ1) is 12.3. The van der Waals surface area contributed by atoms with Gasteiger partial charge in [0.2, 0.25) is 0 Å². The van der Waals surface area contributed by atoms with Gasteiger partial charge in [0, 0.05) is 11.4 Å². The Bertz CT molecular complexity index is 634. The van der Waals surface area contributed by atoms with Gasteiger partial charge in [-0.2, -0.15) is 0 Å². The lowest BCUT2D eigenvalue weighted by atomic mass is 10.1. The summed E-state index contributed by atoms with van der Waals surface area (Å²) in [4.78, 5) is 21.9. The zero-order valence-electron chi connectivity index (χ0n) is 10.6. The molecule has 0 aliphatic heterocycles. The fourth-order valence-electron chi connectivity index (χ4n) is 2.09. The first-order chi connectivity index (χ1) is 9.14. The molecule has 2 N–H and O–H groups in total. The lowest BCUT2D eigenvalue weighted by Crippen LogP contribution is -2.24. The molecule has 0 saturated heterocycles. The molecule has 0 atom stereocenters. The Morgan fingerprint density at radius 1 is 1.53 bits per heavy atom. The van der Waals surface area contributed by atoms with Crippen LogP contribution in [0.15, 0.2) is 12.4 Å². The minimum atomic E-state index is -0.718. The lowest BCUT2D eigenvalue weighted by molar-refractivity contribution is -0.142. The van der Waals surface area contributed by atoms with E-state index in [-0.39, 0.29) is 0 Å². The van der Waals surface area contributed by atoms with E-state index in [4.69, 9.17) is 5.11 Å². The number of nitrogens with one attached hydrogen (secondary N) is 1. The van der Waals surface area contributed by atoms with Gasteiger partial charge in [-0.3, -0.25) is 4.79 Å². The Morgan fingerprint density at radius 3 is 2.95 bits per heavy atom. The maximum Gasteiger partial charge on any atom is 0.311 e. The normalized spacial score (nSPS) is 16.5. The zero-order valence-corrected chi connectivity index (χ0v) is 11.5. The van der Waals surface area contributed by atoms with Crippen LogP contribution in [-0.4, -0.2) is 27.6 Å². The molecule has 2 aromatic heterocycles. The van der Waals surface area contributed by atoms with Crippen molar-refractivity contribution in [2.45, 2.75) is 26.2 Å². The van der Waals surface area contributed by atoms with Gasteiger partial charge in [-0.15, -0.1) is 11.3 Å². The van der Waals surface area contributed by atoms with E-state index in [0.717, 1.165) is 35.3 Å². The number of carboxylic acid groups (broad SMARTS) is 1. The van der Waals surface area contributed by atoms with E-state index in [2.05, 4.69) is 28.3 Å². The van der Waals surface area contributed by atoms with Gasteiger partial charge in [0.15, 0.2) is 0 Å². The van der Waals surface area contributed by atoms with Crippen molar-refractivity contribution in [2.75, 3.05) is 11.9 Å². The summed E-state index contributed by atoms with van der Waals surface area (Å²) in [6.45, 7) is 2.54. The standard InChI is InChI=1S/C13H15N3O2S/c1-2-8-5-9-10(15-7-16-11(9)19-8)14-6-13(3-4-13)12(17)18/h5,7H,2-4,6H2,1H3,(H,17,18)(H,14,15,16). The number of nitrogens with zero attached hydrogens (tertiary/aromatic N) is 2. The van der Waals surface area contributed by atoms with Crippen molar-refractivity contribution in [2.24, 2.45) is 5.41 Å². The fourth-order valence-corrected chi connectivity index (χ4v) is 3.03. The summed E-state index contributed by atoms with van der Waals surface area (Å²) >= 11 is 1.66. The highest BCUT2D eigenvalue weighted by Crippen LogP contribution is 2.46. The zero-order chi connectivity index (χ0) is 13.5. The number of hydrogen-bond donors (Lipinski definition) is 2. The van der Waals surface area contributed by atoms with Gasteiger partial charge in [0.25, 0.3) is 0 Å². The van der Waals surface area contributed by atoms with Crippen LogP contribution in [0.25, 0.3) is 10.2 Å². The van der Waals surface area contributed by atoms with E-state index in [0.29, 0.717) is 6.54 Å². The number of rotatable bonds is 5. The summed E-state index contributed by atoms with van der Waals surface area (Å²) in [5, 5.41) is 13.3. The number of fused-ring (bicyclic) bond motifs is 1. The van der Waals surface area contributed by atoms with Crippen LogP contribution in [0, 0.1) is 5.41 Å². The molecule has 1 aliphatic rings. The minimum absolute atomic E-state index is 0.436. The van der Waals surface area contributed by atoms with Crippen LogP contribution in [0.5, 0.6) is 0 Å². The maximum atomic E-state index is 11.1. The molecule has 0 aromatic carbocycles. The molecule has 0 amide bonds. The second kappa shape index (κ2) is 4.45. The molecule has 3 rings (SSSR count). The predicted molar refractivity (Wildman–Crippen MR) is 74.6 cm³/mol. The highest BCUT2D eigenvalue weighted by Gasteiger charge is 2.50. The molecule has 2 heterocycles. The van der Waals surface area contributed by atoms with Crippen molar-refractivity contribution in [1.82, 2.24) is 9.97 Å². The van der Waals surface area contributed by atoms with E-state index in [9.17, 15) is 4.79 Å². The number of anilines is 1. The molecule has 0 spiro atoms. The van der Waals surface area contributed by atoms with Crippen molar-refractivity contribution in [1.29, 1.82) is 0 Å². The van der Waals surface area contributed by atoms with Gasteiger partial charge in [0.05, 0.1) is 10.8 Å². The van der Waals surface area contributed by atoms with Gasteiger partial charge in [-0.1, -0.05) is 6.92 Å². The summed E-state index contributed by atoms with van der Waals surface area (Å²) < 4.78 is 0. The molecule has 1 fully saturated rings. The van der Waals surface area contributed by atoms with Gasteiger partial charge in [-0.25, -0.2) is 9.97 Å². The number of hydrogen-bond acceptors (Lipinski definition) is 5. The van der Waals surface area contributed by atoms with Crippen molar-refractivity contribution in [3.63, 3.8) is 0 Å². The molecule has 100 valence electrons. The fraction of sp³-hybridized carbons (Fsp3) is 0.462.